The molecule has 136 valence electrons. The molecular formula is C20H24N4O2. The molecule has 0 bridgehead atoms. The number of nitrogens with two attached hydrogens (primary N) is 1. The Morgan fingerprint density at radius 3 is 2.65 bits per heavy atom. The highest BCUT2D eigenvalue weighted by atomic mass is 16.2. The van der Waals surface area contributed by atoms with Gasteiger partial charge in [0, 0.05) is 30.3 Å². The maximum absolute atomic E-state index is 12.8. The van der Waals surface area contributed by atoms with Gasteiger partial charge in [-0.05, 0) is 38.2 Å². The van der Waals surface area contributed by atoms with Crippen LogP contribution in [0.4, 0.5) is 0 Å². The van der Waals surface area contributed by atoms with E-state index in [0.29, 0.717) is 25.9 Å². The molecule has 1 saturated carbocycles. The fraction of sp³-hybridized carbons (Fsp3) is 0.450. The summed E-state index contributed by atoms with van der Waals surface area (Å²) in [6, 6.07) is 8.38. The minimum atomic E-state index is -0.935. The second-order valence-corrected chi connectivity index (χ2v) is 7.60. The van der Waals surface area contributed by atoms with E-state index in [1.807, 2.05) is 11.1 Å². The van der Waals surface area contributed by atoms with E-state index in [9.17, 15) is 9.59 Å². The van der Waals surface area contributed by atoms with Crippen LogP contribution in [0.2, 0.25) is 0 Å². The molecule has 6 nitrogen and oxygen atoms in total. The van der Waals surface area contributed by atoms with E-state index in [4.69, 9.17) is 5.73 Å². The van der Waals surface area contributed by atoms with Gasteiger partial charge in [-0.2, -0.15) is 5.10 Å². The normalized spacial score (nSPS) is 21.4. The van der Waals surface area contributed by atoms with E-state index in [-0.39, 0.29) is 11.8 Å². The third-order valence-electron chi connectivity index (χ3n) is 5.78. The van der Waals surface area contributed by atoms with Crippen LogP contribution in [0.5, 0.6) is 0 Å². The zero-order chi connectivity index (χ0) is 18.3. The summed E-state index contributed by atoms with van der Waals surface area (Å²) in [5.74, 6) is -0.382. The first-order chi connectivity index (χ1) is 12.5. The molecule has 2 fully saturated rings. The number of piperidine rings is 1. The highest BCUT2D eigenvalue weighted by Gasteiger charge is 2.57. The lowest BCUT2D eigenvalue weighted by atomic mass is 9.89. The Kier molecular flexibility index (Phi) is 4.05. The first kappa shape index (κ1) is 16.8. The summed E-state index contributed by atoms with van der Waals surface area (Å²) in [4.78, 5) is 26.4. The van der Waals surface area contributed by atoms with Crippen LogP contribution in [0.25, 0.3) is 11.1 Å². The monoisotopic (exact) mass is 352 g/mol. The summed E-state index contributed by atoms with van der Waals surface area (Å²) in [6.07, 6.45) is 4.93. The molecule has 0 spiro atoms. The Morgan fingerprint density at radius 2 is 2.00 bits per heavy atom. The fourth-order valence-electron chi connectivity index (χ4n) is 3.96. The summed E-state index contributed by atoms with van der Waals surface area (Å²) in [5, 5.41) is 7.40. The number of rotatable bonds is 4. The smallest absolute Gasteiger partial charge is 0.238 e. The van der Waals surface area contributed by atoms with Gasteiger partial charge in [0.2, 0.25) is 11.8 Å². The van der Waals surface area contributed by atoms with E-state index < -0.39 is 11.3 Å². The molecule has 2 aromatic rings. The predicted octanol–water partition coefficient (Wildman–Crippen LogP) is 2.36. The van der Waals surface area contributed by atoms with Crippen molar-refractivity contribution < 1.29 is 9.59 Å². The first-order valence-electron chi connectivity index (χ1n) is 9.21. The zero-order valence-corrected chi connectivity index (χ0v) is 15.0. The summed E-state index contributed by atoms with van der Waals surface area (Å²) >= 11 is 0. The molecular weight excluding hydrogens is 328 g/mol. The number of hydrogen-bond donors (Lipinski definition) is 2. The number of aromatic amines is 1. The average Bonchev–Trinajstić information content (AvgIpc) is 3.33. The van der Waals surface area contributed by atoms with Crippen LogP contribution in [0.15, 0.2) is 30.5 Å². The third-order valence-corrected chi connectivity index (χ3v) is 5.78. The molecule has 1 aliphatic carbocycles. The van der Waals surface area contributed by atoms with Crippen LogP contribution in [0, 0.1) is 12.3 Å². The Labute approximate surface area is 152 Å². The van der Waals surface area contributed by atoms with Gasteiger partial charge in [-0.15, -0.1) is 0 Å². The molecule has 1 aromatic heterocycles. The van der Waals surface area contributed by atoms with Gasteiger partial charge in [0.25, 0.3) is 0 Å². The van der Waals surface area contributed by atoms with Gasteiger partial charge >= 0.3 is 0 Å². The van der Waals surface area contributed by atoms with Crippen LogP contribution in [0.1, 0.15) is 42.9 Å². The molecule has 1 aromatic carbocycles. The van der Waals surface area contributed by atoms with Gasteiger partial charge < -0.3 is 10.6 Å². The quantitative estimate of drug-likeness (QED) is 0.827. The van der Waals surface area contributed by atoms with Crippen LogP contribution in [-0.4, -0.2) is 40.0 Å². The lowest BCUT2D eigenvalue weighted by molar-refractivity contribution is -0.143. The molecule has 0 radical (unpaired) electrons. The van der Waals surface area contributed by atoms with E-state index in [2.05, 4.69) is 41.4 Å². The van der Waals surface area contributed by atoms with Crippen molar-refractivity contribution in [1.82, 2.24) is 15.1 Å². The number of carbonyl (C=O) groups excluding carboxylic acids is 2. The molecule has 6 heteroatoms. The van der Waals surface area contributed by atoms with Gasteiger partial charge in [0.1, 0.15) is 5.41 Å². The maximum atomic E-state index is 12.8. The van der Waals surface area contributed by atoms with E-state index in [0.717, 1.165) is 29.7 Å². The number of likely N-dealkylation sites (tertiary alicyclic amines) is 1. The van der Waals surface area contributed by atoms with Crippen molar-refractivity contribution in [3.8, 4) is 11.1 Å². The minimum absolute atomic E-state index is 0.0916. The highest BCUT2D eigenvalue weighted by molar-refractivity contribution is 6.07. The van der Waals surface area contributed by atoms with Crippen molar-refractivity contribution in [2.24, 2.45) is 11.1 Å². The molecule has 1 saturated heterocycles. The second kappa shape index (κ2) is 6.27. The van der Waals surface area contributed by atoms with Gasteiger partial charge in [-0.25, -0.2) is 0 Å². The summed E-state index contributed by atoms with van der Waals surface area (Å²) < 4.78 is 0. The van der Waals surface area contributed by atoms with Gasteiger partial charge in [-0.3, -0.25) is 14.7 Å². The van der Waals surface area contributed by atoms with Crippen molar-refractivity contribution in [2.75, 3.05) is 13.1 Å². The Balaban J connectivity index is 1.56. The molecule has 2 amide bonds. The molecule has 1 aliphatic heterocycles. The van der Waals surface area contributed by atoms with Gasteiger partial charge in [0.15, 0.2) is 0 Å². The predicted molar refractivity (Wildman–Crippen MR) is 98.2 cm³/mol. The summed E-state index contributed by atoms with van der Waals surface area (Å²) in [5.41, 5.74) is 9.03. The number of nitrogens with zero attached hydrogens (tertiary/aromatic N) is 2. The van der Waals surface area contributed by atoms with Crippen LogP contribution < -0.4 is 5.73 Å². The molecule has 0 unspecified atom stereocenters. The van der Waals surface area contributed by atoms with Crippen molar-refractivity contribution in [2.45, 2.75) is 38.5 Å². The number of benzene rings is 1. The molecule has 26 heavy (non-hydrogen) atoms. The third kappa shape index (κ3) is 2.79. The number of hydrogen-bond acceptors (Lipinski definition) is 3. The van der Waals surface area contributed by atoms with Crippen molar-refractivity contribution in [1.29, 1.82) is 0 Å². The topological polar surface area (TPSA) is 92.1 Å². The van der Waals surface area contributed by atoms with Gasteiger partial charge in [-0.1, -0.05) is 29.8 Å². The largest absolute Gasteiger partial charge is 0.369 e. The number of primary amides is 1. The highest BCUT2D eigenvalue weighted by Crippen LogP contribution is 2.47. The SMILES string of the molecule is Cc1ccc(-c2cn[nH]c2[C@@H]2CCCN(C(=O)C3(C(N)=O)CC3)C2)cc1. The lowest BCUT2D eigenvalue weighted by Crippen LogP contribution is -2.47. The minimum Gasteiger partial charge on any atom is -0.369 e. The second-order valence-electron chi connectivity index (χ2n) is 7.60. The van der Waals surface area contributed by atoms with Crippen LogP contribution >= 0.6 is 0 Å². The maximum Gasteiger partial charge on any atom is 0.238 e. The number of H-pyrrole nitrogens is 1. The Hall–Kier alpha value is -2.63. The van der Waals surface area contributed by atoms with Crippen molar-refractivity contribution in [3.05, 3.63) is 41.7 Å². The number of nitrogens with one attached hydrogen (secondary N) is 1. The fourth-order valence-corrected chi connectivity index (χ4v) is 3.96. The average molecular weight is 352 g/mol. The number of aryl methyl sites for hydroxylation is 1. The van der Waals surface area contributed by atoms with E-state index >= 15 is 0 Å². The lowest BCUT2D eigenvalue weighted by Gasteiger charge is -2.34. The van der Waals surface area contributed by atoms with E-state index in [1.165, 1.54) is 5.56 Å². The van der Waals surface area contributed by atoms with Crippen molar-refractivity contribution >= 4 is 11.8 Å². The first-order valence-corrected chi connectivity index (χ1v) is 9.21. The molecule has 2 aliphatic rings. The van der Waals surface area contributed by atoms with Gasteiger partial charge in [0.05, 0.1) is 6.20 Å². The molecule has 2 heterocycles. The van der Waals surface area contributed by atoms with E-state index in [1.54, 1.807) is 0 Å². The molecule has 3 N–H and O–H groups in total. The number of amides is 2. The number of aromatic nitrogens is 2. The van der Waals surface area contributed by atoms with Crippen LogP contribution in [-0.2, 0) is 9.59 Å². The molecule has 1 atom stereocenters. The number of carbonyl (C=O) groups is 2. The molecule has 4 rings (SSSR count). The summed E-state index contributed by atoms with van der Waals surface area (Å²) in [6.45, 7) is 3.37. The van der Waals surface area contributed by atoms with Crippen molar-refractivity contribution in [3.63, 3.8) is 0 Å². The zero-order valence-electron chi connectivity index (χ0n) is 15.0. The van der Waals surface area contributed by atoms with Crippen LogP contribution in [0.3, 0.4) is 0 Å². The Morgan fingerprint density at radius 1 is 1.27 bits per heavy atom. The Bertz CT molecular complexity index is 836. The standard InChI is InChI=1S/C20H24N4O2/c1-13-4-6-14(7-5-13)16-11-22-23-17(16)15-3-2-10-24(12-15)19(26)20(8-9-20)18(21)25/h4-7,11,15H,2-3,8-10,12H2,1H3,(H2,21,25)(H,22,23)/t15-/m1/s1. The summed E-state index contributed by atoms with van der Waals surface area (Å²) in [7, 11) is 0.